The number of benzene rings is 1. The highest BCUT2D eigenvalue weighted by molar-refractivity contribution is 7.91. The van der Waals surface area contributed by atoms with Gasteiger partial charge in [0.1, 0.15) is 0 Å². The van der Waals surface area contributed by atoms with E-state index in [0.29, 0.717) is 30.1 Å². The molecule has 2 heterocycles. The van der Waals surface area contributed by atoms with Crippen molar-refractivity contribution in [2.45, 2.75) is 24.2 Å². The van der Waals surface area contributed by atoms with Gasteiger partial charge in [-0.1, -0.05) is 11.2 Å². The monoisotopic (exact) mass is 368 g/mol. The number of unbranched alkanes of at least 4 members (excludes halogenated alkanes) is 1. The predicted molar refractivity (Wildman–Crippen MR) is 93.7 cm³/mol. The van der Waals surface area contributed by atoms with E-state index in [-0.39, 0.29) is 17.1 Å². The molecule has 26 heavy (non-hydrogen) atoms. The molecule has 0 unspecified atom stereocenters. The van der Waals surface area contributed by atoms with Gasteiger partial charge >= 0.3 is 0 Å². The van der Waals surface area contributed by atoms with Crippen LogP contribution >= 0.6 is 0 Å². The predicted octanol–water partition coefficient (Wildman–Crippen LogP) is 2.80. The molecule has 0 aliphatic rings. The second kappa shape index (κ2) is 7.89. The highest BCUT2D eigenvalue weighted by Crippen LogP contribution is 2.21. The molecule has 2 aromatic heterocycles. The van der Waals surface area contributed by atoms with E-state index >= 15 is 0 Å². The molecule has 0 N–H and O–H groups in total. The molecule has 8 heteroatoms. The third-order valence-corrected chi connectivity index (χ3v) is 5.53. The lowest BCUT2D eigenvalue weighted by atomic mass is 10.2. The number of nitrogens with zero attached hydrogens (tertiary/aromatic N) is 4. The fourth-order valence-electron chi connectivity index (χ4n) is 2.39. The van der Waals surface area contributed by atoms with Crippen LogP contribution in [0.2, 0.25) is 0 Å². The molecule has 0 saturated carbocycles. The Balaban J connectivity index is 1.72. The van der Waals surface area contributed by atoms with E-state index in [1.54, 1.807) is 24.5 Å². The Morgan fingerprint density at radius 1 is 1.15 bits per heavy atom. The van der Waals surface area contributed by atoms with Gasteiger partial charge in [-0.05, 0) is 42.3 Å². The molecule has 132 valence electrons. The summed E-state index contributed by atoms with van der Waals surface area (Å²) >= 11 is 0. The summed E-state index contributed by atoms with van der Waals surface area (Å²) in [6.07, 6.45) is 4.48. The van der Waals surface area contributed by atoms with Crippen LogP contribution in [0.4, 0.5) is 0 Å². The first kappa shape index (κ1) is 17.8. The first-order valence-electron chi connectivity index (χ1n) is 8.00. The third-order valence-electron chi connectivity index (χ3n) is 3.72. The van der Waals surface area contributed by atoms with Gasteiger partial charge in [-0.3, -0.25) is 4.98 Å². The summed E-state index contributed by atoms with van der Waals surface area (Å²) in [5.41, 5.74) is 1.62. The van der Waals surface area contributed by atoms with Crippen molar-refractivity contribution in [1.82, 2.24) is 15.1 Å². The van der Waals surface area contributed by atoms with E-state index in [9.17, 15) is 8.42 Å². The quantitative estimate of drug-likeness (QED) is 0.590. The van der Waals surface area contributed by atoms with Crippen LogP contribution in [0.5, 0.6) is 0 Å². The van der Waals surface area contributed by atoms with Crippen molar-refractivity contribution < 1.29 is 12.9 Å². The summed E-state index contributed by atoms with van der Waals surface area (Å²) in [6.45, 7) is 0. The minimum absolute atomic E-state index is 0.0459. The topological polar surface area (TPSA) is 110 Å². The average molecular weight is 368 g/mol. The Bertz CT molecular complexity index is 1010. The number of rotatable bonds is 7. The van der Waals surface area contributed by atoms with Gasteiger partial charge in [0, 0.05) is 30.8 Å². The van der Waals surface area contributed by atoms with E-state index in [4.69, 9.17) is 9.78 Å². The van der Waals surface area contributed by atoms with Crippen molar-refractivity contribution >= 4 is 9.84 Å². The number of hydrogen-bond donors (Lipinski definition) is 0. The third kappa shape index (κ3) is 4.32. The Labute approximate surface area is 151 Å². The van der Waals surface area contributed by atoms with Crippen LogP contribution in [0.15, 0.2) is 58.2 Å². The van der Waals surface area contributed by atoms with Crippen LogP contribution in [0, 0.1) is 11.3 Å². The lowest BCUT2D eigenvalue weighted by molar-refractivity contribution is 0.424. The summed E-state index contributed by atoms with van der Waals surface area (Å²) in [4.78, 5) is 8.60. The zero-order valence-corrected chi connectivity index (χ0v) is 14.7. The molecular formula is C18H16N4O3S. The molecule has 0 atom stereocenters. The fraction of sp³-hybridized carbons (Fsp3) is 0.222. The van der Waals surface area contributed by atoms with Crippen molar-refractivity contribution in [2.75, 3.05) is 5.75 Å². The van der Waals surface area contributed by atoms with E-state index in [1.165, 1.54) is 12.1 Å². The van der Waals surface area contributed by atoms with E-state index in [2.05, 4.69) is 15.1 Å². The summed E-state index contributed by atoms with van der Waals surface area (Å²) < 4.78 is 29.7. The smallest absolute Gasteiger partial charge is 0.257 e. The van der Waals surface area contributed by atoms with Crippen LogP contribution < -0.4 is 0 Å². The van der Waals surface area contributed by atoms with Gasteiger partial charge in [0.15, 0.2) is 15.7 Å². The minimum Gasteiger partial charge on any atom is -0.334 e. The normalized spacial score (nSPS) is 11.2. The summed E-state index contributed by atoms with van der Waals surface area (Å²) in [6, 6.07) is 12.0. The van der Waals surface area contributed by atoms with Crippen LogP contribution in [0.25, 0.3) is 11.5 Å². The molecule has 3 aromatic rings. The van der Waals surface area contributed by atoms with Crippen LogP contribution in [-0.4, -0.2) is 29.3 Å². The molecule has 0 radical (unpaired) electrons. The minimum atomic E-state index is -3.39. The lowest BCUT2D eigenvalue weighted by Crippen LogP contribution is -2.06. The van der Waals surface area contributed by atoms with Crippen molar-refractivity contribution in [2.24, 2.45) is 0 Å². The summed E-state index contributed by atoms with van der Waals surface area (Å²) in [5, 5.41) is 12.5. The Kier molecular flexibility index (Phi) is 5.39. The SMILES string of the molecule is N#CCCCS(=O)(=O)c1ccc(-c2nc(Cc3cccnc3)no2)cc1. The number of hydrogen-bond acceptors (Lipinski definition) is 7. The highest BCUT2D eigenvalue weighted by Gasteiger charge is 2.15. The zero-order chi connectivity index (χ0) is 18.4. The van der Waals surface area contributed by atoms with Crippen molar-refractivity contribution in [3.8, 4) is 17.5 Å². The number of pyridine rings is 1. The second-order valence-corrected chi connectivity index (χ2v) is 7.77. The molecule has 3 rings (SSSR count). The highest BCUT2D eigenvalue weighted by atomic mass is 32.2. The molecule has 7 nitrogen and oxygen atoms in total. The maximum absolute atomic E-state index is 12.2. The molecule has 0 amide bonds. The van der Waals surface area contributed by atoms with Crippen molar-refractivity contribution in [3.63, 3.8) is 0 Å². The maximum atomic E-state index is 12.2. The molecule has 0 saturated heterocycles. The zero-order valence-electron chi connectivity index (χ0n) is 13.9. The van der Waals surface area contributed by atoms with Gasteiger partial charge in [-0.25, -0.2) is 8.42 Å². The van der Waals surface area contributed by atoms with Crippen molar-refractivity contribution in [3.05, 3.63) is 60.2 Å². The van der Waals surface area contributed by atoms with Crippen LogP contribution in [0.3, 0.4) is 0 Å². The molecule has 0 spiro atoms. The van der Waals surface area contributed by atoms with Crippen LogP contribution in [-0.2, 0) is 16.3 Å². The van der Waals surface area contributed by atoms with E-state index in [0.717, 1.165) is 5.56 Å². The Morgan fingerprint density at radius 2 is 1.96 bits per heavy atom. The molecule has 0 aliphatic carbocycles. The molecular weight excluding hydrogens is 352 g/mol. The second-order valence-electron chi connectivity index (χ2n) is 5.66. The van der Waals surface area contributed by atoms with Crippen molar-refractivity contribution in [1.29, 1.82) is 5.26 Å². The molecule has 1 aromatic carbocycles. The number of sulfone groups is 1. The summed E-state index contributed by atoms with van der Waals surface area (Å²) in [5.74, 6) is 0.814. The number of nitriles is 1. The lowest BCUT2D eigenvalue weighted by Gasteiger charge is -2.03. The first-order chi connectivity index (χ1) is 12.6. The van der Waals surface area contributed by atoms with Gasteiger partial charge in [0.25, 0.3) is 5.89 Å². The molecule has 0 aliphatic heterocycles. The van der Waals surface area contributed by atoms with Crippen LogP contribution in [0.1, 0.15) is 24.2 Å². The van der Waals surface area contributed by atoms with Gasteiger partial charge in [0.2, 0.25) is 0 Å². The molecule has 0 fully saturated rings. The summed E-state index contributed by atoms with van der Waals surface area (Å²) in [7, 11) is -3.39. The van der Waals surface area contributed by atoms with E-state index < -0.39 is 9.84 Å². The fourth-order valence-corrected chi connectivity index (χ4v) is 3.70. The van der Waals surface area contributed by atoms with Gasteiger partial charge < -0.3 is 4.52 Å². The van der Waals surface area contributed by atoms with Gasteiger partial charge in [-0.15, -0.1) is 0 Å². The average Bonchev–Trinajstić information content (AvgIpc) is 3.11. The largest absolute Gasteiger partial charge is 0.334 e. The molecule has 0 bridgehead atoms. The first-order valence-corrected chi connectivity index (χ1v) is 9.65. The van der Waals surface area contributed by atoms with Gasteiger partial charge in [-0.2, -0.15) is 10.2 Å². The van der Waals surface area contributed by atoms with Gasteiger partial charge in [0.05, 0.1) is 16.7 Å². The standard InChI is InChI=1S/C18H16N4O3S/c19-9-1-2-11-26(23,24)16-7-5-15(6-8-16)18-21-17(22-25-18)12-14-4-3-10-20-13-14/h3-8,10,13H,1-2,11-12H2. The number of aromatic nitrogens is 3. The van der Waals surface area contributed by atoms with E-state index in [1.807, 2.05) is 18.2 Å². The Morgan fingerprint density at radius 3 is 2.65 bits per heavy atom. The Hall–Kier alpha value is -3.05. The maximum Gasteiger partial charge on any atom is 0.257 e.